The van der Waals surface area contributed by atoms with Crippen LogP contribution in [0, 0.1) is 5.82 Å². The summed E-state index contributed by atoms with van der Waals surface area (Å²) in [5.74, 6) is -0.434. The van der Waals surface area contributed by atoms with Crippen LogP contribution in [0.15, 0.2) is 73.1 Å². The van der Waals surface area contributed by atoms with Crippen molar-refractivity contribution in [1.29, 1.82) is 0 Å². The van der Waals surface area contributed by atoms with Gasteiger partial charge in [0.2, 0.25) is 0 Å². The second-order valence-corrected chi connectivity index (χ2v) is 7.71. The number of esters is 1. The minimum atomic E-state index is -0.347. The van der Waals surface area contributed by atoms with Crippen LogP contribution in [-0.2, 0) is 22.6 Å². The fourth-order valence-electron chi connectivity index (χ4n) is 4.04. The molecule has 0 N–H and O–H groups in total. The van der Waals surface area contributed by atoms with Crippen molar-refractivity contribution in [2.75, 3.05) is 20.3 Å². The lowest BCUT2D eigenvalue weighted by Gasteiger charge is -2.32. The summed E-state index contributed by atoms with van der Waals surface area (Å²) >= 11 is 0. The monoisotopic (exact) mass is 420 g/mol. The van der Waals surface area contributed by atoms with Crippen LogP contribution in [0.25, 0.3) is 0 Å². The molecule has 4 rings (SSSR count). The Morgan fingerprint density at radius 1 is 1.00 bits per heavy atom. The summed E-state index contributed by atoms with van der Waals surface area (Å²) in [4.78, 5) is 18.2. The lowest BCUT2D eigenvalue weighted by Crippen LogP contribution is -2.38. The first-order valence-electron chi connectivity index (χ1n) is 10.3. The number of carbonyl (C=O) groups is 1. The number of aromatic nitrogens is 1. The van der Waals surface area contributed by atoms with E-state index >= 15 is 0 Å². The van der Waals surface area contributed by atoms with Crippen molar-refractivity contribution in [2.45, 2.75) is 25.0 Å². The predicted molar refractivity (Wildman–Crippen MR) is 115 cm³/mol. The zero-order chi connectivity index (χ0) is 21.6. The number of carbonyl (C=O) groups excluding carboxylic acids is 1. The molecule has 6 heteroatoms. The van der Waals surface area contributed by atoms with E-state index in [-0.39, 0.29) is 23.7 Å². The highest BCUT2D eigenvalue weighted by Crippen LogP contribution is 2.31. The number of benzene rings is 2. The number of hydrogen-bond donors (Lipinski definition) is 0. The Bertz CT molecular complexity index is 994. The lowest BCUT2D eigenvalue weighted by atomic mass is 9.92. The van der Waals surface area contributed by atoms with Gasteiger partial charge < -0.3 is 9.47 Å². The topological polar surface area (TPSA) is 51.7 Å². The molecule has 0 amide bonds. The Morgan fingerprint density at radius 2 is 1.65 bits per heavy atom. The van der Waals surface area contributed by atoms with Crippen LogP contribution in [0.5, 0.6) is 0 Å². The molecule has 2 atom stereocenters. The minimum absolute atomic E-state index is 0.138. The predicted octanol–water partition coefficient (Wildman–Crippen LogP) is 4.19. The molecule has 160 valence electrons. The second kappa shape index (κ2) is 9.81. The molecule has 5 nitrogen and oxygen atoms in total. The highest BCUT2D eigenvalue weighted by Gasteiger charge is 2.34. The molecule has 0 aliphatic carbocycles. The fraction of sp³-hybridized carbons (Fsp3) is 0.280. The molecule has 0 unspecified atom stereocenters. The summed E-state index contributed by atoms with van der Waals surface area (Å²) in [6, 6.07) is 18.3. The van der Waals surface area contributed by atoms with Crippen molar-refractivity contribution in [3.63, 3.8) is 0 Å². The van der Waals surface area contributed by atoms with E-state index in [9.17, 15) is 9.18 Å². The summed E-state index contributed by atoms with van der Waals surface area (Å²) in [5.41, 5.74) is 3.85. The number of pyridine rings is 1. The molecule has 1 aliphatic heterocycles. The van der Waals surface area contributed by atoms with Gasteiger partial charge in [0.1, 0.15) is 5.82 Å². The number of halogens is 1. The normalized spacial score (nSPS) is 18.3. The van der Waals surface area contributed by atoms with Gasteiger partial charge in [-0.1, -0.05) is 24.3 Å². The van der Waals surface area contributed by atoms with Crippen LogP contribution in [0.4, 0.5) is 4.39 Å². The van der Waals surface area contributed by atoms with Gasteiger partial charge in [0.05, 0.1) is 25.9 Å². The first-order chi connectivity index (χ1) is 15.1. The van der Waals surface area contributed by atoms with Gasteiger partial charge in [0, 0.05) is 37.4 Å². The molecule has 0 spiro atoms. The largest absolute Gasteiger partial charge is 0.465 e. The average molecular weight is 420 g/mol. The molecular formula is C25H25FN2O3. The third kappa shape index (κ3) is 5.16. The van der Waals surface area contributed by atoms with E-state index in [1.165, 1.54) is 19.2 Å². The summed E-state index contributed by atoms with van der Waals surface area (Å²) in [6.45, 7) is 2.63. The number of methoxy groups -OCH3 is 1. The average Bonchev–Trinajstić information content (AvgIpc) is 3.30. The maximum Gasteiger partial charge on any atom is 0.337 e. The zero-order valence-corrected chi connectivity index (χ0v) is 17.4. The van der Waals surface area contributed by atoms with Crippen LogP contribution in [0.2, 0.25) is 0 Å². The molecular weight excluding hydrogens is 395 g/mol. The van der Waals surface area contributed by atoms with Gasteiger partial charge >= 0.3 is 5.97 Å². The summed E-state index contributed by atoms with van der Waals surface area (Å²) in [7, 11) is 1.38. The molecule has 1 fully saturated rings. The van der Waals surface area contributed by atoms with Gasteiger partial charge in [-0.05, 0) is 53.1 Å². The van der Waals surface area contributed by atoms with Crippen LogP contribution in [-0.4, -0.2) is 42.2 Å². The first kappa shape index (κ1) is 21.2. The Kier molecular flexibility index (Phi) is 6.70. The highest BCUT2D eigenvalue weighted by atomic mass is 19.1. The fourth-order valence-corrected chi connectivity index (χ4v) is 4.04. The second-order valence-electron chi connectivity index (χ2n) is 7.71. The molecule has 1 saturated heterocycles. The molecule has 0 bridgehead atoms. The molecule has 2 aromatic carbocycles. The van der Waals surface area contributed by atoms with Crippen LogP contribution in [0.1, 0.15) is 33.0 Å². The van der Waals surface area contributed by atoms with Crippen LogP contribution >= 0.6 is 0 Å². The van der Waals surface area contributed by atoms with E-state index in [1.54, 1.807) is 24.5 Å². The third-order valence-corrected chi connectivity index (χ3v) is 5.71. The van der Waals surface area contributed by atoms with Gasteiger partial charge in [-0.3, -0.25) is 9.88 Å². The Labute approximate surface area is 181 Å². The molecule has 0 radical (unpaired) electrons. The highest BCUT2D eigenvalue weighted by molar-refractivity contribution is 5.89. The van der Waals surface area contributed by atoms with Crippen molar-refractivity contribution in [1.82, 2.24) is 9.88 Å². The maximum absolute atomic E-state index is 13.4. The third-order valence-electron chi connectivity index (χ3n) is 5.71. The number of nitrogens with zero attached hydrogens (tertiary/aromatic N) is 2. The van der Waals surface area contributed by atoms with Crippen molar-refractivity contribution >= 4 is 5.97 Å². The van der Waals surface area contributed by atoms with E-state index in [0.29, 0.717) is 25.3 Å². The maximum atomic E-state index is 13.4. The summed E-state index contributed by atoms with van der Waals surface area (Å²) in [5, 5.41) is 0. The van der Waals surface area contributed by atoms with Crippen molar-refractivity contribution < 1.29 is 18.7 Å². The quantitative estimate of drug-likeness (QED) is 0.537. The Hall–Kier alpha value is -3.09. The molecule has 1 aromatic heterocycles. The molecule has 31 heavy (non-hydrogen) atoms. The summed E-state index contributed by atoms with van der Waals surface area (Å²) < 4.78 is 24.1. The van der Waals surface area contributed by atoms with Gasteiger partial charge in [-0.15, -0.1) is 0 Å². The number of rotatable bonds is 7. The van der Waals surface area contributed by atoms with Gasteiger partial charge in [0.15, 0.2) is 0 Å². The zero-order valence-electron chi connectivity index (χ0n) is 17.4. The standard InChI is InChI=1S/C25H25FN2O3/c1-30-25(29)21-4-2-18(3-5-21)14-28(15-19-10-12-27-13-11-19)24-17-31-16-23(24)20-6-8-22(26)9-7-20/h2-13,23-24H,14-17H2,1H3/t23-,24+/m0/s1. The van der Waals surface area contributed by atoms with Gasteiger partial charge in [-0.25, -0.2) is 9.18 Å². The van der Waals surface area contributed by atoms with E-state index in [4.69, 9.17) is 9.47 Å². The van der Waals surface area contributed by atoms with Gasteiger partial charge in [-0.2, -0.15) is 0 Å². The van der Waals surface area contributed by atoms with E-state index in [2.05, 4.69) is 9.88 Å². The van der Waals surface area contributed by atoms with Gasteiger partial charge in [0.25, 0.3) is 0 Å². The van der Waals surface area contributed by atoms with Crippen molar-refractivity contribution in [3.05, 3.63) is 101 Å². The number of hydrogen-bond acceptors (Lipinski definition) is 5. The number of ether oxygens (including phenoxy) is 2. The Balaban J connectivity index is 1.59. The van der Waals surface area contributed by atoms with Crippen molar-refractivity contribution in [3.8, 4) is 0 Å². The molecule has 3 aromatic rings. The lowest BCUT2D eigenvalue weighted by molar-refractivity contribution is 0.0600. The van der Waals surface area contributed by atoms with Crippen molar-refractivity contribution in [2.24, 2.45) is 0 Å². The molecule has 0 saturated carbocycles. The summed E-state index contributed by atoms with van der Waals surface area (Å²) in [6.07, 6.45) is 3.59. The van der Waals surface area contributed by atoms with Crippen LogP contribution < -0.4 is 0 Å². The molecule has 2 heterocycles. The van der Waals surface area contributed by atoms with E-state index in [0.717, 1.165) is 23.2 Å². The first-order valence-corrected chi connectivity index (χ1v) is 10.3. The minimum Gasteiger partial charge on any atom is -0.465 e. The van der Waals surface area contributed by atoms with E-state index in [1.807, 2.05) is 36.4 Å². The Morgan fingerprint density at radius 3 is 2.29 bits per heavy atom. The smallest absolute Gasteiger partial charge is 0.337 e. The van der Waals surface area contributed by atoms with E-state index < -0.39 is 0 Å². The SMILES string of the molecule is COC(=O)c1ccc(CN(Cc2ccncc2)[C@@H]2COC[C@H]2c2ccc(F)cc2)cc1. The van der Waals surface area contributed by atoms with Crippen LogP contribution in [0.3, 0.4) is 0 Å². The molecule has 1 aliphatic rings.